The summed E-state index contributed by atoms with van der Waals surface area (Å²) in [5.41, 5.74) is -0.485. The molecule has 0 atom stereocenters. The van der Waals surface area contributed by atoms with Crippen LogP contribution in [0.3, 0.4) is 0 Å². The van der Waals surface area contributed by atoms with Crippen LogP contribution in [0.1, 0.15) is 41.4 Å². The number of carbonyl (C=O) groups is 1. The molecule has 122 valence electrons. The highest BCUT2D eigenvalue weighted by molar-refractivity contribution is 5.94. The lowest BCUT2D eigenvalue weighted by Gasteiger charge is -2.24. The molecule has 2 aromatic rings. The maximum atomic E-state index is 13.5. The van der Waals surface area contributed by atoms with Crippen LogP contribution in [0, 0.1) is 23.3 Å². The number of carbonyl (C=O) groups excluding carboxylic acids is 1. The number of halogens is 4. The highest BCUT2D eigenvalue weighted by atomic mass is 19.2. The lowest BCUT2D eigenvalue weighted by atomic mass is 9.93. The van der Waals surface area contributed by atoms with Gasteiger partial charge in [0.15, 0.2) is 23.3 Å². The zero-order chi connectivity index (χ0) is 16.6. The van der Waals surface area contributed by atoms with Crippen LogP contribution in [0.25, 0.3) is 0 Å². The van der Waals surface area contributed by atoms with Gasteiger partial charge in [0.1, 0.15) is 5.69 Å². The number of amides is 1. The van der Waals surface area contributed by atoms with E-state index < -0.39 is 34.7 Å². The minimum atomic E-state index is -2.02. The van der Waals surface area contributed by atoms with Gasteiger partial charge in [-0.25, -0.2) is 22.2 Å². The van der Waals surface area contributed by atoms with Crippen LogP contribution >= 0.6 is 0 Å². The Hall–Kier alpha value is -2.45. The maximum absolute atomic E-state index is 13.5. The topological polar surface area (TPSA) is 59.8 Å². The van der Waals surface area contributed by atoms with Crippen LogP contribution in [-0.2, 0) is 6.54 Å². The van der Waals surface area contributed by atoms with Gasteiger partial charge in [0.05, 0.1) is 24.3 Å². The van der Waals surface area contributed by atoms with Gasteiger partial charge in [-0.2, -0.15) is 0 Å². The second-order valence-corrected chi connectivity index (χ2v) is 5.31. The van der Waals surface area contributed by atoms with Crippen molar-refractivity contribution in [3.63, 3.8) is 0 Å². The van der Waals surface area contributed by atoms with E-state index in [9.17, 15) is 22.4 Å². The Morgan fingerprint density at radius 2 is 1.96 bits per heavy atom. The molecule has 1 saturated carbocycles. The fraction of sp³-hybridized carbons (Fsp3) is 0.357. The maximum Gasteiger partial charge on any atom is 0.254 e. The second-order valence-electron chi connectivity index (χ2n) is 5.31. The van der Waals surface area contributed by atoms with Gasteiger partial charge in [-0.3, -0.25) is 4.79 Å². The molecular formula is C14H12F4N4O. The number of benzene rings is 1. The first-order valence-corrected chi connectivity index (χ1v) is 6.99. The lowest BCUT2D eigenvalue weighted by Crippen LogP contribution is -2.25. The summed E-state index contributed by atoms with van der Waals surface area (Å²) < 4.78 is 54.3. The molecule has 1 heterocycles. The smallest absolute Gasteiger partial charge is 0.254 e. The van der Waals surface area contributed by atoms with Gasteiger partial charge in [-0.15, -0.1) is 5.10 Å². The molecule has 0 unspecified atom stereocenters. The summed E-state index contributed by atoms with van der Waals surface area (Å²) in [7, 11) is 0. The molecule has 23 heavy (non-hydrogen) atoms. The number of nitrogens with one attached hydrogen (secondary N) is 1. The average Bonchev–Trinajstić information content (AvgIpc) is 2.93. The third-order valence-electron chi connectivity index (χ3n) is 3.78. The fourth-order valence-corrected chi connectivity index (χ4v) is 2.23. The van der Waals surface area contributed by atoms with E-state index >= 15 is 0 Å². The highest BCUT2D eigenvalue weighted by Gasteiger charge is 2.23. The van der Waals surface area contributed by atoms with Crippen LogP contribution in [0.4, 0.5) is 17.6 Å². The van der Waals surface area contributed by atoms with Gasteiger partial charge in [0.25, 0.3) is 5.91 Å². The molecule has 0 saturated heterocycles. The van der Waals surface area contributed by atoms with E-state index in [2.05, 4.69) is 15.6 Å². The van der Waals surface area contributed by atoms with E-state index in [-0.39, 0.29) is 6.54 Å². The molecule has 1 aliphatic carbocycles. The average molecular weight is 328 g/mol. The van der Waals surface area contributed by atoms with Gasteiger partial charge < -0.3 is 5.32 Å². The van der Waals surface area contributed by atoms with Crippen molar-refractivity contribution in [1.29, 1.82) is 0 Å². The molecule has 1 aliphatic rings. The Bertz CT molecular complexity index is 757. The molecule has 9 heteroatoms. The third-order valence-corrected chi connectivity index (χ3v) is 3.78. The lowest BCUT2D eigenvalue weighted by molar-refractivity contribution is 0.0944. The number of rotatable bonds is 4. The molecule has 5 nitrogen and oxygen atoms in total. The molecule has 1 aromatic carbocycles. The molecule has 0 spiro atoms. The summed E-state index contributed by atoms with van der Waals surface area (Å²) in [5, 5.41) is 10.0. The van der Waals surface area contributed by atoms with Crippen molar-refractivity contribution in [2.45, 2.75) is 31.8 Å². The van der Waals surface area contributed by atoms with Gasteiger partial charge in [-0.05, 0) is 25.3 Å². The Labute approximate surface area is 128 Å². The summed E-state index contributed by atoms with van der Waals surface area (Å²) in [4.78, 5) is 11.8. The minimum Gasteiger partial charge on any atom is -0.346 e. The van der Waals surface area contributed by atoms with Crippen LogP contribution < -0.4 is 5.32 Å². The van der Waals surface area contributed by atoms with E-state index in [1.54, 1.807) is 10.9 Å². The Kier molecular flexibility index (Phi) is 4.01. The van der Waals surface area contributed by atoms with E-state index in [1.165, 1.54) is 0 Å². The van der Waals surface area contributed by atoms with Crippen molar-refractivity contribution >= 4 is 5.91 Å². The molecule has 0 radical (unpaired) electrons. The van der Waals surface area contributed by atoms with Gasteiger partial charge in [-0.1, -0.05) is 5.21 Å². The molecule has 1 fully saturated rings. The predicted octanol–water partition coefficient (Wildman–Crippen LogP) is 2.49. The van der Waals surface area contributed by atoms with E-state index in [1.807, 2.05) is 0 Å². The Balaban J connectivity index is 1.69. The number of nitrogens with zero attached hydrogens (tertiary/aromatic N) is 3. The largest absolute Gasteiger partial charge is 0.346 e. The zero-order valence-corrected chi connectivity index (χ0v) is 11.8. The van der Waals surface area contributed by atoms with E-state index in [4.69, 9.17) is 0 Å². The van der Waals surface area contributed by atoms with Crippen molar-refractivity contribution in [2.24, 2.45) is 0 Å². The second kappa shape index (κ2) is 5.98. The molecule has 1 amide bonds. The van der Waals surface area contributed by atoms with Gasteiger partial charge in [0, 0.05) is 0 Å². The van der Waals surface area contributed by atoms with Crippen molar-refractivity contribution in [1.82, 2.24) is 20.3 Å². The molecule has 1 N–H and O–H groups in total. The van der Waals surface area contributed by atoms with Crippen molar-refractivity contribution in [3.05, 3.63) is 46.8 Å². The van der Waals surface area contributed by atoms with E-state index in [0.29, 0.717) is 17.8 Å². The number of hydrogen-bond donors (Lipinski definition) is 1. The van der Waals surface area contributed by atoms with Crippen molar-refractivity contribution in [2.75, 3.05) is 0 Å². The van der Waals surface area contributed by atoms with Crippen LogP contribution in [-0.4, -0.2) is 20.9 Å². The number of aromatic nitrogens is 3. The van der Waals surface area contributed by atoms with E-state index in [0.717, 1.165) is 19.3 Å². The molecule has 1 aromatic heterocycles. The normalized spacial score (nSPS) is 14.6. The first-order chi connectivity index (χ1) is 11.0. The fourth-order valence-electron chi connectivity index (χ4n) is 2.23. The zero-order valence-electron chi connectivity index (χ0n) is 11.8. The predicted molar refractivity (Wildman–Crippen MR) is 70.4 cm³/mol. The van der Waals surface area contributed by atoms with Crippen molar-refractivity contribution < 1.29 is 22.4 Å². The first-order valence-electron chi connectivity index (χ1n) is 6.99. The SMILES string of the molecule is O=C(NCc1cn(C2CCC2)nn1)c1cc(F)c(F)c(F)c1F. The van der Waals surface area contributed by atoms with Crippen LogP contribution in [0.15, 0.2) is 12.3 Å². The standard InChI is InChI=1S/C14H12F4N4O/c15-10-4-9(11(16)13(18)12(10)17)14(23)19-5-7-6-22(21-20-7)8-2-1-3-8/h4,6,8H,1-3,5H2,(H,19,23). The van der Waals surface area contributed by atoms with Crippen LogP contribution in [0.5, 0.6) is 0 Å². The van der Waals surface area contributed by atoms with Gasteiger partial charge >= 0.3 is 0 Å². The summed E-state index contributed by atoms with van der Waals surface area (Å²) in [6.45, 7) is -0.0917. The monoisotopic (exact) mass is 328 g/mol. The minimum absolute atomic E-state index is 0.0917. The third kappa shape index (κ3) is 2.90. The molecule has 3 rings (SSSR count). The van der Waals surface area contributed by atoms with Crippen molar-refractivity contribution in [3.8, 4) is 0 Å². The number of hydrogen-bond acceptors (Lipinski definition) is 3. The summed E-state index contributed by atoms with van der Waals surface area (Å²) >= 11 is 0. The summed E-state index contributed by atoms with van der Waals surface area (Å²) in [6, 6.07) is 0.610. The summed E-state index contributed by atoms with van der Waals surface area (Å²) in [5.74, 6) is -8.42. The Morgan fingerprint density at radius 1 is 1.22 bits per heavy atom. The Morgan fingerprint density at radius 3 is 2.61 bits per heavy atom. The summed E-state index contributed by atoms with van der Waals surface area (Å²) in [6.07, 6.45) is 4.78. The molecular weight excluding hydrogens is 316 g/mol. The molecule has 0 aliphatic heterocycles. The van der Waals surface area contributed by atoms with Gasteiger partial charge in [0.2, 0.25) is 0 Å². The molecule has 0 bridgehead atoms. The highest BCUT2D eigenvalue weighted by Crippen LogP contribution is 2.30. The van der Waals surface area contributed by atoms with Crippen LogP contribution in [0.2, 0.25) is 0 Å². The first kappa shape index (κ1) is 15.4. The quantitative estimate of drug-likeness (QED) is 0.533.